The summed E-state index contributed by atoms with van der Waals surface area (Å²) in [7, 11) is -1.88. The number of sulfonamides is 1. The SMILES string of the molecule is Cc1ccc(S(=O)(=O)N(C)C[C@@H](C)c2nn[nH]n2)s1. The number of aromatic amines is 1. The third-order valence-corrected chi connectivity index (χ3v) is 6.01. The molecule has 2 rings (SSSR count). The maximum absolute atomic E-state index is 12.3. The van der Waals surface area contributed by atoms with Crippen LogP contribution in [0.2, 0.25) is 0 Å². The molecular weight excluding hydrogens is 286 g/mol. The number of H-pyrrole nitrogens is 1. The smallest absolute Gasteiger partial charge is 0.206 e. The molecule has 2 aromatic rings. The van der Waals surface area contributed by atoms with Gasteiger partial charge in [0.25, 0.3) is 10.0 Å². The van der Waals surface area contributed by atoms with Crippen molar-refractivity contribution in [3.63, 3.8) is 0 Å². The van der Waals surface area contributed by atoms with E-state index in [4.69, 9.17) is 0 Å². The van der Waals surface area contributed by atoms with Crippen LogP contribution in [0.25, 0.3) is 0 Å². The van der Waals surface area contributed by atoms with Gasteiger partial charge < -0.3 is 0 Å². The largest absolute Gasteiger partial charge is 0.252 e. The Morgan fingerprint density at radius 1 is 1.47 bits per heavy atom. The predicted molar refractivity (Wildman–Crippen MR) is 71.5 cm³/mol. The molecule has 0 aliphatic rings. The predicted octanol–water partition coefficient (Wildman–Crippen LogP) is 0.994. The Morgan fingerprint density at radius 2 is 2.21 bits per heavy atom. The topological polar surface area (TPSA) is 91.8 Å². The highest BCUT2D eigenvalue weighted by atomic mass is 32.2. The lowest BCUT2D eigenvalue weighted by molar-refractivity contribution is 0.441. The van der Waals surface area contributed by atoms with Gasteiger partial charge in [-0.2, -0.15) is 9.52 Å². The summed E-state index contributed by atoms with van der Waals surface area (Å²) < 4.78 is 26.3. The van der Waals surface area contributed by atoms with Gasteiger partial charge in [-0.15, -0.1) is 21.5 Å². The summed E-state index contributed by atoms with van der Waals surface area (Å²) in [5.74, 6) is 0.379. The zero-order valence-electron chi connectivity index (χ0n) is 10.9. The molecule has 0 radical (unpaired) electrons. The molecule has 0 aliphatic carbocycles. The number of tetrazole rings is 1. The van der Waals surface area contributed by atoms with Crippen LogP contribution in [0.1, 0.15) is 23.5 Å². The van der Waals surface area contributed by atoms with Crippen LogP contribution in [0.3, 0.4) is 0 Å². The van der Waals surface area contributed by atoms with Gasteiger partial charge in [0.15, 0.2) is 5.82 Å². The highest BCUT2D eigenvalue weighted by molar-refractivity contribution is 7.91. The minimum Gasteiger partial charge on any atom is -0.206 e. The van der Waals surface area contributed by atoms with Crippen LogP contribution in [0, 0.1) is 6.92 Å². The summed E-state index contributed by atoms with van der Waals surface area (Å²) in [6.45, 7) is 4.04. The maximum Gasteiger partial charge on any atom is 0.252 e. The number of hydrogen-bond donors (Lipinski definition) is 1. The Kier molecular flexibility index (Phi) is 3.97. The Morgan fingerprint density at radius 3 is 2.74 bits per heavy atom. The molecule has 7 nitrogen and oxygen atoms in total. The van der Waals surface area contributed by atoms with Gasteiger partial charge in [0.2, 0.25) is 0 Å². The van der Waals surface area contributed by atoms with Gasteiger partial charge >= 0.3 is 0 Å². The van der Waals surface area contributed by atoms with Crippen molar-refractivity contribution in [2.24, 2.45) is 0 Å². The minimum atomic E-state index is -3.44. The molecule has 1 N–H and O–H groups in total. The molecule has 0 amide bonds. The second-order valence-electron chi connectivity index (χ2n) is 4.32. The van der Waals surface area contributed by atoms with E-state index < -0.39 is 10.0 Å². The second-order valence-corrected chi connectivity index (χ2v) is 7.88. The molecule has 1 atom stereocenters. The van der Waals surface area contributed by atoms with E-state index in [1.165, 1.54) is 15.6 Å². The molecule has 104 valence electrons. The van der Waals surface area contributed by atoms with Crippen molar-refractivity contribution in [2.75, 3.05) is 13.6 Å². The molecule has 2 heterocycles. The van der Waals surface area contributed by atoms with E-state index in [1.807, 2.05) is 13.8 Å². The molecule has 0 aromatic carbocycles. The van der Waals surface area contributed by atoms with E-state index in [-0.39, 0.29) is 5.92 Å². The normalized spacial score (nSPS) is 13.9. The van der Waals surface area contributed by atoms with Crippen molar-refractivity contribution in [1.82, 2.24) is 24.9 Å². The zero-order valence-corrected chi connectivity index (χ0v) is 12.5. The van der Waals surface area contributed by atoms with Crippen LogP contribution in [0.5, 0.6) is 0 Å². The Hall–Kier alpha value is -1.32. The van der Waals surface area contributed by atoms with Crippen molar-refractivity contribution in [1.29, 1.82) is 0 Å². The van der Waals surface area contributed by atoms with Crippen LogP contribution in [0.4, 0.5) is 0 Å². The molecule has 0 aliphatic heterocycles. The first-order valence-electron chi connectivity index (χ1n) is 5.67. The van der Waals surface area contributed by atoms with Crippen molar-refractivity contribution >= 4 is 21.4 Å². The first-order chi connectivity index (χ1) is 8.91. The van der Waals surface area contributed by atoms with Gasteiger partial charge in [0.1, 0.15) is 4.21 Å². The van der Waals surface area contributed by atoms with Crippen molar-refractivity contribution < 1.29 is 8.42 Å². The molecule has 0 fully saturated rings. The van der Waals surface area contributed by atoms with E-state index in [2.05, 4.69) is 20.6 Å². The number of aromatic nitrogens is 4. The van der Waals surface area contributed by atoms with E-state index in [1.54, 1.807) is 19.2 Å². The summed E-state index contributed by atoms with van der Waals surface area (Å²) in [4.78, 5) is 0.971. The third-order valence-electron chi connectivity index (χ3n) is 2.71. The van der Waals surface area contributed by atoms with Gasteiger partial charge in [-0.3, -0.25) is 0 Å². The van der Waals surface area contributed by atoms with Gasteiger partial charge in [0, 0.05) is 24.4 Å². The van der Waals surface area contributed by atoms with Gasteiger partial charge in [-0.1, -0.05) is 12.1 Å². The number of aryl methyl sites for hydroxylation is 1. The van der Waals surface area contributed by atoms with Crippen LogP contribution < -0.4 is 0 Å². The minimum absolute atomic E-state index is 0.125. The lowest BCUT2D eigenvalue weighted by Gasteiger charge is -2.18. The molecule has 2 aromatic heterocycles. The molecule has 0 unspecified atom stereocenters. The average molecular weight is 301 g/mol. The Balaban J connectivity index is 2.13. The molecule has 0 saturated heterocycles. The summed E-state index contributed by atoms with van der Waals surface area (Å²) in [6, 6.07) is 3.43. The fourth-order valence-corrected chi connectivity index (χ4v) is 4.40. The summed E-state index contributed by atoms with van der Waals surface area (Å²) in [5, 5.41) is 13.6. The highest BCUT2D eigenvalue weighted by Gasteiger charge is 2.25. The first kappa shape index (κ1) is 14.1. The lowest BCUT2D eigenvalue weighted by atomic mass is 10.2. The molecular formula is C10H15N5O2S2. The molecule has 19 heavy (non-hydrogen) atoms. The standard InChI is InChI=1S/C10H15N5O2S2/c1-7(10-11-13-14-12-10)6-15(3)19(16,17)9-5-4-8(2)18-9/h4-5,7H,6H2,1-3H3,(H,11,12,13,14)/t7-/m1/s1. The molecule has 0 saturated carbocycles. The van der Waals surface area contributed by atoms with Crippen LogP contribution in [-0.4, -0.2) is 46.9 Å². The fourth-order valence-electron chi connectivity index (χ4n) is 1.65. The highest BCUT2D eigenvalue weighted by Crippen LogP contribution is 2.24. The van der Waals surface area contributed by atoms with Crippen LogP contribution >= 0.6 is 11.3 Å². The van der Waals surface area contributed by atoms with Crippen LogP contribution in [0.15, 0.2) is 16.3 Å². The van der Waals surface area contributed by atoms with E-state index in [9.17, 15) is 8.42 Å². The number of likely N-dealkylation sites (N-methyl/N-ethyl adjacent to an activating group) is 1. The Bertz CT molecular complexity index is 635. The maximum atomic E-state index is 12.3. The molecule has 0 spiro atoms. The lowest BCUT2D eigenvalue weighted by Crippen LogP contribution is -2.30. The average Bonchev–Trinajstić information content (AvgIpc) is 2.99. The molecule has 0 bridgehead atoms. The van der Waals surface area contributed by atoms with Gasteiger partial charge in [0.05, 0.1) is 0 Å². The summed E-state index contributed by atoms with van der Waals surface area (Å²) >= 11 is 1.27. The number of nitrogens with zero attached hydrogens (tertiary/aromatic N) is 4. The van der Waals surface area contributed by atoms with Gasteiger partial charge in [-0.05, 0) is 19.1 Å². The van der Waals surface area contributed by atoms with Crippen molar-refractivity contribution in [3.8, 4) is 0 Å². The number of hydrogen-bond acceptors (Lipinski definition) is 6. The van der Waals surface area contributed by atoms with E-state index in [0.717, 1.165) is 4.88 Å². The van der Waals surface area contributed by atoms with Crippen molar-refractivity contribution in [2.45, 2.75) is 24.0 Å². The second kappa shape index (κ2) is 5.35. The quantitative estimate of drug-likeness (QED) is 0.889. The monoisotopic (exact) mass is 301 g/mol. The number of rotatable bonds is 5. The third kappa shape index (κ3) is 2.99. The summed E-state index contributed by atoms with van der Waals surface area (Å²) in [5.41, 5.74) is 0. The first-order valence-corrected chi connectivity index (χ1v) is 7.93. The van der Waals surface area contributed by atoms with Crippen molar-refractivity contribution in [3.05, 3.63) is 22.8 Å². The zero-order chi connectivity index (χ0) is 14.0. The fraction of sp³-hybridized carbons (Fsp3) is 0.500. The van der Waals surface area contributed by atoms with Gasteiger partial charge in [-0.25, -0.2) is 8.42 Å². The van der Waals surface area contributed by atoms with E-state index in [0.29, 0.717) is 16.6 Å². The number of thiophene rings is 1. The summed E-state index contributed by atoms with van der Waals surface area (Å²) in [6.07, 6.45) is 0. The van der Waals surface area contributed by atoms with E-state index >= 15 is 0 Å². The Labute approximate surface area is 115 Å². The number of nitrogens with one attached hydrogen (secondary N) is 1. The molecule has 9 heteroatoms. The van der Waals surface area contributed by atoms with Crippen LogP contribution in [-0.2, 0) is 10.0 Å².